The van der Waals surface area contributed by atoms with Crippen LogP contribution in [0.25, 0.3) is 0 Å². The Morgan fingerprint density at radius 1 is 1.08 bits per heavy atom. The number of hydrogen-bond acceptors (Lipinski definition) is 4. The van der Waals surface area contributed by atoms with Crippen LogP contribution in [0.4, 0.5) is 0 Å². The number of rotatable bonds is 7. The molecule has 0 radical (unpaired) electrons. The van der Waals surface area contributed by atoms with Crippen LogP contribution in [0.2, 0.25) is 0 Å². The van der Waals surface area contributed by atoms with E-state index in [1.54, 1.807) is 13.3 Å². The average Bonchev–Trinajstić information content (AvgIpc) is 2.61. The highest BCUT2D eigenvalue weighted by Gasteiger charge is 2.03. The van der Waals surface area contributed by atoms with E-state index in [-0.39, 0.29) is 12.5 Å². The van der Waals surface area contributed by atoms with Crippen molar-refractivity contribution in [2.45, 2.75) is 19.8 Å². The second kappa shape index (κ2) is 8.72. The Bertz CT molecular complexity index is 677. The Labute approximate surface area is 142 Å². The Morgan fingerprint density at radius 2 is 1.71 bits per heavy atom. The molecule has 0 spiro atoms. The van der Waals surface area contributed by atoms with E-state index in [9.17, 15) is 4.79 Å². The van der Waals surface area contributed by atoms with Gasteiger partial charge in [0.2, 0.25) is 0 Å². The molecule has 0 aromatic heterocycles. The fourth-order valence-electron chi connectivity index (χ4n) is 2.00. The summed E-state index contributed by atoms with van der Waals surface area (Å²) in [6, 6.07) is 15.1. The number of ether oxygens (including phenoxy) is 2. The fraction of sp³-hybridized carbons (Fsp3) is 0.263. The van der Waals surface area contributed by atoms with Gasteiger partial charge in [-0.3, -0.25) is 4.79 Å². The van der Waals surface area contributed by atoms with Gasteiger partial charge in [-0.15, -0.1) is 0 Å². The lowest BCUT2D eigenvalue weighted by Crippen LogP contribution is -2.24. The number of methoxy groups -OCH3 is 1. The van der Waals surface area contributed by atoms with Crippen LogP contribution in [-0.2, 0) is 4.79 Å². The third kappa shape index (κ3) is 5.43. The Hall–Kier alpha value is -2.82. The van der Waals surface area contributed by atoms with E-state index in [2.05, 4.69) is 24.4 Å². The summed E-state index contributed by atoms with van der Waals surface area (Å²) >= 11 is 0. The quantitative estimate of drug-likeness (QED) is 0.627. The molecule has 0 fully saturated rings. The molecule has 0 aliphatic rings. The van der Waals surface area contributed by atoms with Gasteiger partial charge in [-0.25, -0.2) is 5.43 Å². The maximum Gasteiger partial charge on any atom is 0.277 e. The molecule has 1 amide bonds. The third-order valence-corrected chi connectivity index (χ3v) is 3.44. The van der Waals surface area contributed by atoms with Gasteiger partial charge in [0.25, 0.3) is 5.91 Å². The van der Waals surface area contributed by atoms with Gasteiger partial charge in [-0.05, 0) is 53.4 Å². The van der Waals surface area contributed by atoms with Crippen molar-refractivity contribution in [2.24, 2.45) is 5.10 Å². The van der Waals surface area contributed by atoms with Crippen LogP contribution in [0.5, 0.6) is 11.5 Å². The van der Waals surface area contributed by atoms with Gasteiger partial charge in [0.05, 0.1) is 13.3 Å². The normalized spacial score (nSPS) is 10.8. The monoisotopic (exact) mass is 326 g/mol. The molecule has 1 N–H and O–H groups in total. The summed E-state index contributed by atoms with van der Waals surface area (Å²) in [5.74, 6) is 1.59. The first-order valence-corrected chi connectivity index (χ1v) is 7.77. The fourth-order valence-corrected chi connectivity index (χ4v) is 2.00. The van der Waals surface area contributed by atoms with Crippen LogP contribution in [0.1, 0.15) is 30.9 Å². The largest absolute Gasteiger partial charge is 0.497 e. The molecule has 0 bridgehead atoms. The molecule has 0 aliphatic carbocycles. The number of nitrogens with one attached hydrogen (secondary N) is 1. The van der Waals surface area contributed by atoms with E-state index in [0.29, 0.717) is 11.7 Å². The summed E-state index contributed by atoms with van der Waals surface area (Å²) in [4.78, 5) is 11.7. The van der Waals surface area contributed by atoms with Crippen molar-refractivity contribution >= 4 is 12.1 Å². The molecule has 0 aliphatic heterocycles. The second-order valence-corrected chi connectivity index (χ2v) is 5.58. The highest BCUT2D eigenvalue weighted by molar-refractivity contribution is 5.83. The van der Waals surface area contributed by atoms with E-state index < -0.39 is 0 Å². The van der Waals surface area contributed by atoms with Crippen molar-refractivity contribution in [3.8, 4) is 11.5 Å². The first kappa shape index (κ1) is 17.5. The van der Waals surface area contributed by atoms with Crippen molar-refractivity contribution in [3.05, 3.63) is 59.7 Å². The minimum Gasteiger partial charge on any atom is -0.497 e. The van der Waals surface area contributed by atoms with Gasteiger partial charge in [0, 0.05) is 0 Å². The Balaban J connectivity index is 1.77. The zero-order valence-corrected chi connectivity index (χ0v) is 14.2. The molecular formula is C19H22N2O3. The molecule has 0 saturated carbocycles. The number of benzene rings is 2. The number of amides is 1. The molecule has 126 valence electrons. The summed E-state index contributed by atoms with van der Waals surface area (Å²) in [5, 5.41) is 3.90. The molecule has 0 atom stereocenters. The van der Waals surface area contributed by atoms with Crippen LogP contribution in [0.15, 0.2) is 53.6 Å². The van der Waals surface area contributed by atoms with Gasteiger partial charge in [-0.1, -0.05) is 26.0 Å². The van der Waals surface area contributed by atoms with Crippen molar-refractivity contribution < 1.29 is 14.3 Å². The standard InChI is InChI=1S/C19H22N2O3/c1-14(2)16-6-10-18(11-7-16)24-13-19(22)21-20-12-15-4-8-17(23-3)9-5-15/h4-12,14H,13H2,1-3H3,(H,21,22). The molecule has 0 unspecified atom stereocenters. The van der Waals surface area contributed by atoms with Crippen LogP contribution in [-0.4, -0.2) is 25.8 Å². The van der Waals surface area contributed by atoms with E-state index in [4.69, 9.17) is 9.47 Å². The zero-order chi connectivity index (χ0) is 17.4. The van der Waals surface area contributed by atoms with E-state index in [1.165, 1.54) is 5.56 Å². The lowest BCUT2D eigenvalue weighted by atomic mass is 10.0. The molecule has 24 heavy (non-hydrogen) atoms. The van der Waals surface area contributed by atoms with Crippen LogP contribution < -0.4 is 14.9 Å². The van der Waals surface area contributed by atoms with E-state index in [0.717, 1.165) is 11.3 Å². The van der Waals surface area contributed by atoms with Crippen molar-refractivity contribution in [2.75, 3.05) is 13.7 Å². The van der Waals surface area contributed by atoms with Gasteiger partial charge in [-0.2, -0.15) is 5.10 Å². The van der Waals surface area contributed by atoms with Crippen LogP contribution in [0.3, 0.4) is 0 Å². The van der Waals surface area contributed by atoms with Crippen LogP contribution in [0, 0.1) is 0 Å². The summed E-state index contributed by atoms with van der Waals surface area (Å²) in [6.45, 7) is 4.18. The maximum absolute atomic E-state index is 11.7. The molecule has 5 heteroatoms. The highest BCUT2D eigenvalue weighted by atomic mass is 16.5. The molecule has 5 nitrogen and oxygen atoms in total. The summed E-state index contributed by atoms with van der Waals surface area (Å²) in [5.41, 5.74) is 4.53. The Morgan fingerprint density at radius 3 is 2.29 bits per heavy atom. The minimum atomic E-state index is -0.312. The zero-order valence-electron chi connectivity index (χ0n) is 14.2. The Kier molecular flexibility index (Phi) is 6.37. The molecule has 2 aromatic carbocycles. The number of hydrazone groups is 1. The summed E-state index contributed by atoms with van der Waals surface area (Å²) in [7, 11) is 1.61. The predicted molar refractivity (Wildman–Crippen MR) is 94.8 cm³/mol. The number of nitrogens with zero attached hydrogens (tertiary/aromatic N) is 1. The first-order chi connectivity index (χ1) is 11.6. The van der Waals surface area contributed by atoms with Crippen molar-refractivity contribution in [3.63, 3.8) is 0 Å². The predicted octanol–water partition coefficient (Wildman–Crippen LogP) is 3.35. The first-order valence-electron chi connectivity index (χ1n) is 7.77. The highest BCUT2D eigenvalue weighted by Crippen LogP contribution is 2.18. The van der Waals surface area contributed by atoms with Gasteiger partial charge >= 0.3 is 0 Å². The van der Waals surface area contributed by atoms with Gasteiger partial charge in [0.15, 0.2) is 6.61 Å². The lowest BCUT2D eigenvalue weighted by Gasteiger charge is -2.08. The second-order valence-electron chi connectivity index (χ2n) is 5.58. The third-order valence-electron chi connectivity index (χ3n) is 3.44. The lowest BCUT2D eigenvalue weighted by molar-refractivity contribution is -0.123. The SMILES string of the molecule is COc1ccc(C=NNC(=O)COc2ccc(C(C)C)cc2)cc1. The number of hydrogen-bond donors (Lipinski definition) is 1. The molecule has 2 aromatic rings. The van der Waals surface area contributed by atoms with Crippen molar-refractivity contribution in [1.82, 2.24) is 5.43 Å². The maximum atomic E-state index is 11.7. The topological polar surface area (TPSA) is 59.9 Å². The molecular weight excluding hydrogens is 304 g/mol. The number of carbonyl (C=O) groups excluding carboxylic acids is 1. The van der Waals surface area contributed by atoms with Crippen LogP contribution >= 0.6 is 0 Å². The summed E-state index contributed by atoms with van der Waals surface area (Å²) in [6.07, 6.45) is 1.56. The number of carbonyl (C=O) groups is 1. The smallest absolute Gasteiger partial charge is 0.277 e. The summed E-state index contributed by atoms with van der Waals surface area (Å²) < 4.78 is 10.5. The molecule has 0 heterocycles. The van der Waals surface area contributed by atoms with Gasteiger partial charge in [0.1, 0.15) is 11.5 Å². The minimum absolute atomic E-state index is 0.0824. The van der Waals surface area contributed by atoms with Crippen molar-refractivity contribution in [1.29, 1.82) is 0 Å². The van der Waals surface area contributed by atoms with E-state index >= 15 is 0 Å². The van der Waals surface area contributed by atoms with E-state index in [1.807, 2.05) is 48.5 Å². The average molecular weight is 326 g/mol. The molecule has 2 rings (SSSR count). The molecule has 0 saturated heterocycles. The van der Waals surface area contributed by atoms with Gasteiger partial charge < -0.3 is 9.47 Å².